The molecule has 0 spiro atoms. The van der Waals surface area contributed by atoms with Gasteiger partial charge in [-0.1, -0.05) is 30.3 Å². The molecule has 0 unspecified atom stereocenters. The summed E-state index contributed by atoms with van der Waals surface area (Å²) in [4.78, 5) is 45.9. The average molecular weight is 513 g/mol. The van der Waals surface area contributed by atoms with Gasteiger partial charge in [0.1, 0.15) is 17.7 Å². The van der Waals surface area contributed by atoms with Crippen molar-refractivity contribution >= 4 is 33.8 Å². The number of hydrogen-bond donors (Lipinski definition) is 4. The summed E-state index contributed by atoms with van der Waals surface area (Å²) in [5, 5.41) is 12.6. The second-order valence-electron chi connectivity index (χ2n) is 8.91. The summed E-state index contributed by atoms with van der Waals surface area (Å²) in [7, 11) is 0. The second-order valence-corrected chi connectivity index (χ2v) is 8.91. The van der Waals surface area contributed by atoms with E-state index in [-0.39, 0.29) is 12.0 Å². The van der Waals surface area contributed by atoms with E-state index in [1.165, 1.54) is 6.33 Å². The zero-order valence-corrected chi connectivity index (χ0v) is 20.7. The number of imidazole rings is 1. The maximum atomic E-state index is 13.9. The zero-order valence-electron chi connectivity index (χ0n) is 20.7. The molecule has 0 saturated carbocycles. The molecule has 2 aromatic carbocycles. The molecule has 38 heavy (non-hydrogen) atoms. The number of rotatable bonds is 11. The number of nitrogens with one attached hydrogen (secondary N) is 3. The SMILES string of the molecule is O=C(CCCCc1cccc2nc(CCCNc3ncnc4[nH]cnc34)n(-c3ccccc3)c(=O)c12)NO. The number of amides is 1. The number of hydroxylamine groups is 1. The van der Waals surface area contributed by atoms with Crippen LogP contribution in [0.5, 0.6) is 0 Å². The number of para-hydroxylation sites is 1. The van der Waals surface area contributed by atoms with Crippen molar-refractivity contribution in [1.29, 1.82) is 0 Å². The lowest BCUT2D eigenvalue weighted by molar-refractivity contribution is -0.129. The molecule has 4 N–H and O–H groups in total. The minimum atomic E-state index is -0.413. The number of hydrogen-bond acceptors (Lipinski definition) is 8. The summed E-state index contributed by atoms with van der Waals surface area (Å²) in [6.45, 7) is 0.614. The molecule has 0 aliphatic rings. The Morgan fingerprint density at radius 3 is 2.68 bits per heavy atom. The molecule has 1 amide bonds. The van der Waals surface area contributed by atoms with Gasteiger partial charge in [0, 0.05) is 19.4 Å². The molecule has 5 rings (SSSR count). The first-order valence-corrected chi connectivity index (χ1v) is 12.6. The molecule has 3 aromatic heterocycles. The molecule has 194 valence electrons. The Morgan fingerprint density at radius 1 is 0.974 bits per heavy atom. The first kappa shape index (κ1) is 25.0. The van der Waals surface area contributed by atoms with Crippen LogP contribution in [0.1, 0.15) is 37.1 Å². The minimum absolute atomic E-state index is 0.109. The minimum Gasteiger partial charge on any atom is -0.368 e. The Kier molecular flexibility index (Phi) is 7.65. The van der Waals surface area contributed by atoms with Crippen molar-refractivity contribution in [2.45, 2.75) is 38.5 Å². The van der Waals surface area contributed by atoms with E-state index in [0.29, 0.717) is 72.4 Å². The smallest absolute Gasteiger partial charge is 0.266 e. The van der Waals surface area contributed by atoms with Gasteiger partial charge in [-0.25, -0.2) is 25.4 Å². The fourth-order valence-corrected chi connectivity index (χ4v) is 4.57. The predicted molar refractivity (Wildman–Crippen MR) is 143 cm³/mol. The van der Waals surface area contributed by atoms with Gasteiger partial charge in [0.2, 0.25) is 5.91 Å². The fourth-order valence-electron chi connectivity index (χ4n) is 4.57. The number of unbranched alkanes of at least 4 members (excludes halogenated alkanes) is 1. The highest BCUT2D eigenvalue weighted by Gasteiger charge is 2.16. The highest BCUT2D eigenvalue weighted by molar-refractivity contribution is 5.82. The van der Waals surface area contributed by atoms with Crippen LogP contribution in [0, 0.1) is 0 Å². The van der Waals surface area contributed by atoms with Crippen LogP contribution in [-0.2, 0) is 17.6 Å². The van der Waals surface area contributed by atoms with Crippen LogP contribution in [0.3, 0.4) is 0 Å². The van der Waals surface area contributed by atoms with Gasteiger partial charge in [0.15, 0.2) is 11.5 Å². The molecule has 0 saturated heterocycles. The molecule has 5 aromatic rings. The maximum absolute atomic E-state index is 13.9. The Labute approximate surface area is 218 Å². The summed E-state index contributed by atoms with van der Waals surface area (Å²) < 4.78 is 1.70. The number of aromatic amines is 1. The highest BCUT2D eigenvalue weighted by atomic mass is 16.5. The van der Waals surface area contributed by atoms with Crippen molar-refractivity contribution in [2.24, 2.45) is 0 Å². The van der Waals surface area contributed by atoms with E-state index in [1.54, 1.807) is 16.4 Å². The number of aromatic nitrogens is 6. The zero-order chi connectivity index (χ0) is 26.3. The largest absolute Gasteiger partial charge is 0.368 e. The Hall–Kier alpha value is -4.64. The Bertz CT molecular complexity index is 1610. The summed E-state index contributed by atoms with van der Waals surface area (Å²) in [6.07, 6.45) is 6.53. The number of fused-ring (bicyclic) bond motifs is 2. The van der Waals surface area contributed by atoms with E-state index in [0.717, 1.165) is 11.3 Å². The van der Waals surface area contributed by atoms with Crippen LogP contribution in [0.4, 0.5) is 5.82 Å². The quantitative estimate of drug-likeness (QED) is 0.120. The number of nitrogens with zero attached hydrogens (tertiary/aromatic N) is 5. The van der Waals surface area contributed by atoms with E-state index >= 15 is 0 Å². The monoisotopic (exact) mass is 512 g/mol. The summed E-state index contributed by atoms with van der Waals surface area (Å²) in [5.74, 6) is 0.924. The average Bonchev–Trinajstić information content (AvgIpc) is 3.43. The normalized spacial score (nSPS) is 11.2. The van der Waals surface area contributed by atoms with Crippen molar-refractivity contribution in [2.75, 3.05) is 11.9 Å². The van der Waals surface area contributed by atoms with Crippen LogP contribution in [-0.4, -0.2) is 47.1 Å². The van der Waals surface area contributed by atoms with E-state index in [9.17, 15) is 9.59 Å². The molecule has 0 radical (unpaired) electrons. The third-order valence-electron chi connectivity index (χ3n) is 6.38. The molecule has 0 aliphatic carbocycles. The first-order chi connectivity index (χ1) is 18.7. The summed E-state index contributed by atoms with van der Waals surface area (Å²) in [6, 6.07) is 15.2. The van der Waals surface area contributed by atoms with Gasteiger partial charge in [-0.3, -0.25) is 19.4 Å². The third kappa shape index (κ3) is 5.37. The molecular formula is C27H28N8O3. The van der Waals surface area contributed by atoms with Crippen molar-refractivity contribution in [3.8, 4) is 5.69 Å². The molecule has 0 fully saturated rings. The number of carbonyl (C=O) groups is 1. The first-order valence-electron chi connectivity index (χ1n) is 12.6. The number of benzene rings is 2. The van der Waals surface area contributed by atoms with E-state index < -0.39 is 5.91 Å². The van der Waals surface area contributed by atoms with E-state index in [1.807, 2.05) is 48.5 Å². The van der Waals surface area contributed by atoms with Gasteiger partial charge in [-0.2, -0.15) is 0 Å². The predicted octanol–water partition coefficient (Wildman–Crippen LogP) is 3.31. The van der Waals surface area contributed by atoms with Crippen molar-refractivity contribution in [3.05, 3.63) is 82.9 Å². The van der Waals surface area contributed by atoms with Crippen molar-refractivity contribution in [3.63, 3.8) is 0 Å². The van der Waals surface area contributed by atoms with Gasteiger partial charge in [0.05, 0.1) is 22.9 Å². The molecular weight excluding hydrogens is 484 g/mol. The van der Waals surface area contributed by atoms with E-state index in [2.05, 4.69) is 25.3 Å². The maximum Gasteiger partial charge on any atom is 0.266 e. The number of anilines is 1. The number of H-pyrrole nitrogens is 1. The number of aryl methyl sites for hydroxylation is 2. The molecule has 3 heterocycles. The third-order valence-corrected chi connectivity index (χ3v) is 6.38. The van der Waals surface area contributed by atoms with Gasteiger partial charge < -0.3 is 10.3 Å². The topological polar surface area (TPSA) is 151 Å². The lowest BCUT2D eigenvalue weighted by Gasteiger charge is -2.15. The molecule has 0 aliphatic heterocycles. The van der Waals surface area contributed by atoms with Crippen LogP contribution < -0.4 is 16.4 Å². The van der Waals surface area contributed by atoms with Crippen LogP contribution in [0.25, 0.3) is 27.8 Å². The second kappa shape index (κ2) is 11.6. The number of carbonyl (C=O) groups excluding carboxylic acids is 1. The van der Waals surface area contributed by atoms with Gasteiger partial charge >= 0.3 is 0 Å². The van der Waals surface area contributed by atoms with Gasteiger partial charge in [0.25, 0.3) is 5.56 Å². The summed E-state index contributed by atoms with van der Waals surface area (Å²) >= 11 is 0. The fraction of sp³-hybridized carbons (Fsp3) is 0.259. The van der Waals surface area contributed by atoms with Crippen molar-refractivity contribution < 1.29 is 10.0 Å². The molecule has 0 atom stereocenters. The van der Waals surface area contributed by atoms with Crippen LogP contribution >= 0.6 is 0 Å². The summed E-state index contributed by atoms with van der Waals surface area (Å²) in [5.41, 5.74) is 5.21. The molecule has 11 nitrogen and oxygen atoms in total. The lowest BCUT2D eigenvalue weighted by Crippen LogP contribution is -2.25. The molecule has 11 heteroatoms. The lowest BCUT2D eigenvalue weighted by atomic mass is 10.0. The van der Waals surface area contributed by atoms with Crippen LogP contribution in [0.2, 0.25) is 0 Å². The highest BCUT2D eigenvalue weighted by Crippen LogP contribution is 2.20. The Balaban J connectivity index is 1.40. The molecule has 0 bridgehead atoms. The van der Waals surface area contributed by atoms with Gasteiger partial charge in [-0.05, 0) is 49.4 Å². The Morgan fingerprint density at radius 2 is 1.84 bits per heavy atom. The van der Waals surface area contributed by atoms with Crippen molar-refractivity contribution in [1.82, 2.24) is 35.0 Å². The van der Waals surface area contributed by atoms with Gasteiger partial charge in [-0.15, -0.1) is 0 Å². The standard InChI is InChI=1S/C27H28N8O3/c36-22(34-38)14-5-4-8-18-9-6-12-20-23(18)27(37)35(19-10-2-1-3-11-19)21(33-20)13-7-15-28-25-24-26(30-16-29-24)32-17-31-25/h1-3,6,9-12,16-17,38H,4-5,7-8,13-15H2,(H,34,36)(H2,28,29,30,31,32). The van der Waals surface area contributed by atoms with E-state index in [4.69, 9.17) is 10.2 Å². The van der Waals surface area contributed by atoms with Crippen LogP contribution in [0.15, 0.2) is 66.0 Å².